The van der Waals surface area contributed by atoms with E-state index in [1.165, 1.54) is 5.56 Å². The van der Waals surface area contributed by atoms with E-state index < -0.39 is 0 Å². The van der Waals surface area contributed by atoms with Crippen LogP contribution in [0.5, 0.6) is 0 Å². The van der Waals surface area contributed by atoms with Crippen molar-refractivity contribution < 1.29 is 8.83 Å². The van der Waals surface area contributed by atoms with Crippen molar-refractivity contribution in [1.29, 1.82) is 0 Å². The van der Waals surface area contributed by atoms with Crippen molar-refractivity contribution in [3.8, 4) is 56.2 Å². The van der Waals surface area contributed by atoms with Gasteiger partial charge in [-0.05, 0) is 78.2 Å². The number of hydrogen-bond donors (Lipinski definition) is 0. The van der Waals surface area contributed by atoms with Crippen molar-refractivity contribution in [3.05, 3.63) is 170 Å². The lowest BCUT2D eigenvalue weighted by atomic mass is 9.92. The van der Waals surface area contributed by atoms with Crippen LogP contribution in [0.2, 0.25) is 0 Å². The highest BCUT2D eigenvalue weighted by atomic mass is 16.3. The van der Waals surface area contributed by atoms with E-state index in [1.807, 2.05) is 72.9 Å². The molecule has 55 heavy (non-hydrogen) atoms. The molecule has 6 aromatic carbocycles. The lowest BCUT2D eigenvalue weighted by Gasteiger charge is -2.14. The topological polar surface area (TPSA) is 77.8 Å². The van der Waals surface area contributed by atoms with Crippen LogP contribution >= 0.6 is 0 Å². The van der Waals surface area contributed by atoms with E-state index in [2.05, 4.69) is 96.8 Å². The smallest absolute Gasteiger partial charge is 0.160 e. The van der Waals surface area contributed by atoms with Crippen molar-refractivity contribution >= 4 is 54.9 Å². The monoisotopic (exact) mass is 706 g/mol. The van der Waals surface area contributed by atoms with Gasteiger partial charge in [0.05, 0.1) is 11.4 Å². The van der Waals surface area contributed by atoms with E-state index in [1.54, 1.807) is 6.20 Å². The van der Waals surface area contributed by atoms with E-state index in [4.69, 9.17) is 23.8 Å². The molecule has 5 heterocycles. The third kappa shape index (κ3) is 5.18. The first-order valence-corrected chi connectivity index (χ1v) is 18.3. The van der Waals surface area contributed by atoms with Crippen LogP contribution in [0.3, 0.4) is 0 Å². The first kappa shape index (κ1) is 31.1. The molecule has 5 aromatic heterocycles. The van der Waals surface area contributed by atoms with Gasteiger partial charge in [0.25, 0.3) is 0 Å². The third-order valence-electron chi connectivity index (χ3n) is 10.6. The lowest BCUT2D eigenvalue weighted by Crippen LogP contribution is -1.96. The Bertz CT molecular complexity index is 3270. The van der Waals surface area contributed by atoms with Crippen LogP contribution in [-0.2, 0) is 0 Å². The fraction of sp³-hybridized carbons (Fsp3) is 0.0204. The second kappa shape index (κ2) is 12.3. The molecule has 0 aliphatic carbocycles. The molecule has 0 unspecified atom stereocenters. The van der Waals surface area contributed by atoms with Gasteiger partial charge in [-0.25, -0.2) is 19.9 Å². The minimum atomic E-state index is 0.660. The number of aryl methyl sites for hydroxylation is 1. The van der Waals surface area contributed by atoms with Crippen molar-refractivity contribution in [1.82, 2.24) is 19.9 Å². The van der Waals surface area contributed by atoms with Gasteiger partial charge in [-0.3, -0.25) is 0 Å². The molecule has 6 heteroatoms. The van der Waals surface area contributed by atoms with Gasteiger partial charge in [0, 0.05) is 67.1 Å². The maximum Gasteiger partial charge on any atom is 0.160 e. The number of para-hydroxylation sites is 1. The summed E-state index contributed by atoms with van der Waals surface area (Å²) in [6.07, 6.45) is 3.73. The number of aromatic nitrogens is 4. The van der Waals surface area contributed by atoms with Crippen LogP contribution in [0.1, 0.15) is 5.56 Å². The highest BCUT2D eigenvalue weighted by molar-refractivity contribution is 6.10. The Morgan fingerprint density at radius 1 is 0.436 bits per heavy atom. The van der Waals surface area contributed by atoms with E-state index in [0.29, 0.717) is 11.5 Å². The highest BCUT2D eigenvalue weighted by Gasteiger charge is 2.18. The summed E-state index contributed by atoms with van der Waals surface area (Å²) in [5.41, 5.74) is 14.1. The Hall–Kier alpha value is -7.44. The molecule has 0 atom stereocenters. The summed E-state index contributed by atoms with van der Waals surface area (Å²) < 4.78 is 12.5. The molecule has 0 bridgehead atoms. The van der Waals surface area contributed by atoms with E-state index in [9.17, 15) is 0 Å². The number of hydrogen-bond acceptors (Lipinski definition) is 6. The van der Waals surface area contributed by atoms with Gasteiger partial charge in [0.15, 0.2) is 11.5 Å². The van der Waals surface area contributed by atoms with Gasteiger partial charge in [-0.1, -0.05) is 97.1 Å². The molecule has 6 nitrogen and oxygen atoms in total. The molecule has 0 amide bonds. The number of furan rings is 2. The van der Waals surface area contributed by atoms with Crippen LogP contribution < -0.4 is 0 Å². The molecular formula is C49H30N4O2. The normalized spacial score (nSPS) is 11.7. The molecule has 0 aliphatic rings. The minimum absolute atomic E-state index is 0.660. The minimum Gasteiger partial charge on any atom is -0.456 e. The van der Waals surface area contributed by atoms with Gasteiger partial charge >= 0.3 is 0 Å². The summed E-state index contributed by atoms with van der Waals surface area (Å²) in [5, 5.41) is 5.39. The molecule has 11 rings (SSSR count). The number of benzene rings is 6. The van der Waals surface area contributed by atoms with Gasteiger partial charge in [-0.15, -0.1) is 0 Å². The number of rotatable bonds is 5. The summed E-state index contributed by atoms with van der Waals surface area (Å²) in [5.74, 6) is 0.660. The number of pyridine rings is 2. The zero-order valence-corrected chi connectivity index (χ0v) is 29.7. The van der Waals surface area contributed by atoms with Crippen LogP contribution in [0, 0.1) is 6.92 Å². The molecule has 0 saturated heterocycles. The second-order valence-corrected chi connectivity index (χ2v) is 13.9. The fourth-order valence-electron chi connectivity index (χ4n) is 7.88. The Morgan fingerprint density at radius 2 is 1.13 bits per heavy atom. The summed E-state index contributed by atoms with van der Waals surface area (Å²) in [4.78, 5) is 19.6. The Kier molecular flexibility index (Phi) is 6.97. The average molecular weight is 707 g/mol. The summed E-state index contributed by atoms with van der Waals surface area (Å²) in [7, 11) is 0. The molecule has 0 radical (unpaired) electrons. The largest absolute Gasteiger partial charge is 0.456 e. The van der Waals surface area contributed by atoms with Crippen molar-refractivity contribution in [2.24, 2.45) is 0 Å². The zero-order valence-electron chi connectivity index (χ0n) is 29.7. The van der Waals surface area contributed by atoms with E-state index in [-0.39, 0.29) is 0 Å². The van der Waals surface area contributed by atoms with Gasteiger partial charge in [-0.2, -0.15) is 0 Å². The van der Waals surface area contributed by atoms with Crippen LogP contribution in [0.15, 0.2) is 173 Å². The molecule has 0 aliphatic heterocycles. The van der Waals surface area contributed by atoms with Crippen molar-refractivity contribution in [3.63, 3.8) is 0 Å². The Morgan fingerprint density at radius 3 is 2.02 bits per heavy atom. The predicted molar refractivity (Wildman–Crippen MR) is 222 cm³/mol. The zero-order chi connectivity index (χ0) is 36.5. The van der Waals surface area contributed by atoms with E-state index in [0.717, 1.165) is 99.6 Å². The van der Waals surface area contributed by atoms with Gasteiger partial charge in [0.1, 0.15) is 22.3 Å². The van der Waals surface area contributed by atoms with Crippen LogP contribution in [0.25, 0.3) is 111 Å². The van der Waals surface area contributed by atoms with Crippen LogP contribution in [0.4, 0.5) is 0 Å². The first-order valence-electron chi connectivity index (χ1n) is 18.3. The lowest BCUT2D eigenvalue weighted by molar-refractivity contribution is 0.668. The standard InChI is InChI=1S/C49H30N4O2/c1-29-9-7-15-44-46(29)38-25-33(21-23-43(38)54-44)39-28-51-49-37(13-8-24-50-49)47(39)31-18-16-30(17-19-31)40-27-41(53-48(52-40)32-10-3-2-4-11-32)34-20-22-36-35-12-5-6-14-42(35)55-45(36)26-34/h2-28H,1H3. The highest BCUT2D eigenvalue weighted by Crippen LogP contribution is 2.41. The SMILES string of the molecule is Cc1cccc2oc3ccc(-c4cnc5ncccc5c4-c4ccc(-c5cc(-c6ccc7c(c6)oc6ccccc67)nc(-c6ccccc6)n5)cc4)cc3c12. The molecular weight excluding hydrogens is 677 g/mol. The number of fused-ring (bicyclic) bond motifs is 7. The summed E-state index contributed by atoms with van der Waals surface area (Å²) in [6, 6.07) is 51.9. The van der Waals surface area contributed by atoms with Crippen molar-refractivity contribution in [2.45, 2.75) is 6.92 Å². The Balaban J connectivity index is 1.05. The average Bonchev–Trinajstić information content (AvgIpc) is 3.82. The molecule has 0 N–H and O–H groups in total. The van der Waals surface area contributed by atoms with Crippen molar-refractivity contribution in [2.75, 3.05) is 0 Å². The predicted octanol–water partition coefficient (Wildman–Crippen LogP) is 12.9. The maximum atomic E-state index is 6.26. The quantitative estimate of drug-likeness (QED) is 0.177. The van der Waals surface area contributed by atoms with Crippen LogP contribution in [-0.4, -0.2) is 19.9 Å². The summed E-state index contributed by atoms with van der Waals surface area (Å²) >= 11 is 0. The third-order valence-corrected chi connectivity index (χ3v) is 10.6. The second-order valence-electron chi connectivity index (χ2n) is 13.9. The van der Waals surface area contributed by atoms with Gasteiger partial charge in [0.2, 0.25) is 0 Å². The molecule has 0 saturated carbocycles. The molecule has 0 fully saturated rings. The molecule has 0 spiro atoms. The maximum absolute atomic E-state index is 6.26. The molecule has 11 aromatic rings. The first-order chi connectivity index (χ1) is 27.1. The number of nitrogens with zero attached hydrogens (tertiary/aromatic N) is 4. The van der Waals surface area contributed by atoms with Gasteiger partial charge < -0.3 is 8.83 Å². The Labute approximate surface area is 315 Å². The fourth-order valence-corrected chi connectivity index (χ4v) is 7.88. The van der Waals surface area contributed by atoms with E-state index >= 15 is 0 Å². The summed E-state index contributed by atoms with van der Waals surface area (Å²) in [6.45, 7) is 2.13. The molecule has 258 valence electrons.